The highest BCUT2D eigenvalue weighted by molar-refractivity contribution is 7.15. The largest absolute Gasteiger partial charge is 0.362 e. The highest BCUT2D eigenvalue weighted by atomic mass is 32.1. The van der Waals surface area contributed by atoms with E-state index in [0.717, 1.165) is 11.7 Å². The Morgan fingerprint density at radius 3 is 3.00 bits per heavy atom. The number of nitrogens with zero attached hydrogens (tertiary/aromatic N) is 1. The molecule has 0 aromatic carbocycles. The third kappa shape index (κ3) is 2.27. The number of unbranched alkanes of at least 4 members (excludes halogenated alkanes) is 1. The van der Waals surface area contributed by atoms with E-state index in [4.69, 9.17) is 0 Å². The number of thiazole rings is 1. The minimum Gasteiger partial charge on any atom is -0.362 e. The molecule has 78 valence electrons. The molecule has 0 bridgehead atoms. The maximum Gasteiger partial charge on any atom is 0.183 e. The van der Waals surface area contributed by atoms with E-state index in [1.165, 1.54) is 49.1 Å². The molecule has 1 N–H and O–H groups in total. The van der Waals surface area contributed by atoms with Crippen LogP contribution in [0.5, 0.6) is 0 Å². The molecule has 0 fully saturated rings. The number of hydrogen-bond donors (Lipinski definition) is 1. The highest BCUT2D eigenvalue weighted by Crippen LogP contribution is 2.29. The molecule has 0 saturated heterocycles. The van der Waals surface area contributed by atoms with Crippen molar-refractivity contribution >= 4 is 16.5 Å². The Balaban J connectivity index is 1.94. The lowest BCUT2D eigenvalue weighted by Gasteiger charge is -2.06. The molecule has 0 spiro atoms. The summed E-state index contributed by atoms with van der Waals surface area (Å²) >= 11 is 1.86. The lowest BCUT2D eigenvalue weighted by Crippen LogP contribution is -2.01. The van der Waals surface area contributed by atoms with Crippen LogP contribution in [0.25, 0.3) is 0 Å². The fourth-order valence-corrected chi connectivity index (χ4v) is 2.88. The van der Waals surface area contributed by atoms with Crippen LogP contribution in [0, 0.1) is 0 Å². The summed E-state index contributed by atoms with van der Waals surface area (Å²) < 4.78 is 0. The Kier molecular flexibility index (Phi) is 3.40. The van der Waals surface area contributed by atoms with Gasteiger partial charge in [0.2, 0.25) is 0 Å². The first-order chi connectivity index (χ1) is 6.90. The summed E-state index contributed by atoms with van der Waals surface area (Å²) in [6.07, 6.45) is 7.61. The first-order valence-corrected chi connectivity index (χ1v) is 6.44. The van der Waals surface area contributed by atoms with E-state index in [-0.39, 0.29) is 0 Å². The van der Waals surface area contributed by atoms with Crippen molar-refractivity contribution in [1.29, 1.82) is 0 Å². The maximum atomic E-state index is 4.63. The number of aryl methyl sites for hydroxylation is 2. The monoisotopic (exact) mass is 210 g/mol. The maximum absolute atomic E-state index is 4.63. The summed E-state index contributed by atoms with van der Waals surface area (Å²) in [6.45, 7) is 3.29. The zero-order valence-electron chi connectivity index (χ0n) is 8.81. The minimum absolute atomic E-state index is 1.07. The molecule has 2 rings (SSSR count). The molecule has 1 heterocycles. The predicted octanol–water partition coefficient (Wildman–Crippen LogP) is 3.23. The highest BCUT2D eigenvalue weighted by Gasteiger charge is 2.14. The molecule has 0 amide bonds. The number of hydrogen-bond acceptors (Lipinski definition) is 3. The van der Waals surface area contributed by atoms with Gasteiger partial charge in [0.05, 0.1) is 5.69 Å². The number of fused-ring (bicyclic) bond motifs is 1. The molecule has 1 aliphatic carbocycles. The predicted molar refractivity (Wildman–Crippen MR) is 62.2 cm³/mol. The van der Waals surface area contributed by atoms with Gasteiger partial charge >= 0.3 is 0 Å². The van der Waals surface area contributed by atoms with E-state index in [2.05, 4.69) is 17.2 Å². The van der Waals surface area contributed by atoms with Crippen molar-refractivity contribution in [2.24, 2.45) is 0 Å². The lowest BCUT2D eigenvalue weighted by atomic mass is 10.0. The van der Waals surface area contributed by atoms with Crippen LogP contribution >= 0.6 is 11.3 Å². The number of anilines is 1. The molecule has 0 radical (unpaired) electrons. The fraction of sp³-hybridized carbons (Fsp3) is 0.727. The summed E-state index contributed by atoms with van der Waals surface area (Å²) in [7, 11) is 0. The molecule has 0 saturated carbocycles. The smallest absolute Gasteiger partial charge is 0.183 e. The Bertz CT molecular complexity index is 270. The van der Waals surface area contributed by atoms with Crippen LogP contribution < -0.4 is 5.32 Å². The van der Waals surface area contributed by atoms with Crippen molar-refractivity contribution in [3.05, 3.63) is 10.6 Å². The number of rotatable bonds is 4. The zero-order chi connectivity index (χ0) is 9.80. The van der Waals surface area contributed by atoms with Crippen LogP contribution in [-0.4, -0.2) is 11.5 Å². The van der Waals surface area contributed by atoms with Gasteiger partial charge in [-0.2, -0.15) is 0 Å². The number of aromatic nitrogens is 1. The third-order valence-electron chi connectivity index (χ3n) is 2.65. The van der Waals surface area contributed by atoms with Gasteiger partial charge in [0.15, 0.2) is 5.13 Å². The van der Waals surface area contributed by atoms with Gasteiger partial charge in [0, 0.05) is 11.4 Å². The second kappa shape index (κ2) is 4.78. The third-order valence-corrected chi connectivity index (χ3v) is 3.77. The zero-order valence-corrected chi connectivity index (χ0v) is 9.62. The van der Waals surface area contributed by atoms with Crippen LogP contribution in [-0.2, 0) is 12.8 Å². The van der Waals surface area contributed by atoms with Crippen molar-refractivity contribution in [2.75, 3.05) is 11.9 Å². The van der Waals surface area contributed by atoms with Crippen molar-refractivity contribution in [3.8, 4) is 0 Å². The van der Waals surface area contributed by atoms with Gasteiger partial charge in [-0.25, -0.2) is 4.98 Å². The molecular formula is C11H18N2S. The van der Waals surface area contributed by atoms with Crippen LogP contribution in [0.2, 0.25) is 0 Å². The summed E-state index contributed by atoms with van der Waals surface area (Å²) in [5.41, 5.74) is 1.36. The molecule has 1 aromatic rings. The lowest BCUT2D eigenvalue weighted by molar-refractivity contribution is 0.682. The molecule has 0 unspecified atom stereocenters. The van der Waals surface area contributed by atoms with Gasteiger partial charge in [0.1, 0.15) is 0 Å². The molecule has 2 nitrogen and oxygen atoms in total. The molecule has 0 aliphatic heterocycles. The van der Waals surface area contributed by atoms with Gasteiger partial charge in [-0.1, -0.05) is 13.3 Å². The van der Waals surface area contributed by atoms with E-state index in [9.17, 15) is 0 Å². The summed E-state index contributed by atoms with van der Waals surface area (Å²) in [5.74, 6) is 0. The van der Waals surface area contributed by atoms with E-state index in [1.54, 1.807) is 0 Å². The van der Waals surface area contributed by atoms with Crippen LogP contribution in [0.15, 0.2) is 0 Å². The molecule has 1 aromatic heterocycles. The topological polar surface area (TPSA) is 24.9 Å². The summed E-state index contributed by atoms with van der Waals surface area (Å²) in [5, 5.41) is 4.55. The van der Waals surface area contributed by atoms with Gasteiger partial charge in [-0.15, -0.1) is 11.3 Å². The summed E-state index contributed by atoms with van der Waals surface area (Å²) in [4.78, 5) is 6.15. The van der Waals surface area contributed by atoms with E-state index >= 15 is 0 Å². The molecule has 0 atom stereocenters. The SMILES string of the molecule is CCCCNc1nc2c(s1)CCCC2. The quantitative estimate of drug-likeness (QED) is 0.772. The van der Waals surface area contributed by atoms with E-state index < -0.39 is 0 Å². The van der Waals surface area contributed by atoms with Crippen molar-refractivity contribution in [3.63, 3.8) is 0 Å². The van der Waals surface area contributed by atoms with Crippen LogP contribution in [0.4, 0.5) is 5.13 Å². The van der Waals surface area contributed by atoms with E-state index in [0.29, 0.717) is 0 Å². The Morgan fingerprint density at radius 2 is 2.21 bits per heavy atom. The average molecular weight is 210 g/mol. The van der Waals surface area contributed by atoms with Gasteiger partial charge in [-0.3, -0.25) is 0 Å². The van der Waals surface area contributed by atoms with Crippen molar-refractivity contribution in [1.82, 2.24) is 4.98 Å². The first-order valence-electron chi connectivity index (χ1n) is 5.62. The first kappa shape index (κ1) is 9.97. The molecule has 1 aliphatic rings. The van der Waals surface area contributed by atoms with Crippen molar-refractivity contribution < 1.29 is 0 Å². The van der Waals surface area contributed by atoms with Gasteiger partial charge < -0.3 is 5.32 Å². The normalized spacial score (nSPS) is 15.2. The molecular weight excluding hydrogens is 192 g/mol. The van der Waals surface area contributed by atoms with Crippen molar-refractivity contribution in [2.45, 2.75) is 45.4 Å². The Labute approximate surface area is 89.8 Å². The molecule has 3 heteroatoms. The summed E-state index contributed by atoms with van der Waals surface area (Å²) in [6, 6.07) is 0. The second-order valence-electron chi connectivity index (χ2n) is 3.88. The Morgan fingerprint density at radius 1 is 1.36 bits per heavy atom. The van der Waals surface area contributed by atoms with Crippen LogP contribution in [0.1, 0.15) is 43.2 Å². The fourth-order valence-electron chi connectivity index (χ4n) is 1.80. The van der Waals surface area contributed by atoms with Crippen LogP contribution in [0.3, 0.4) is 0 Å². The average Bonchev–Trinajstić information content (AvgIpc) is 2.60. The standard InChI is InChI=1S/C11H18N2S/c1-2-3-8-12-11-13-9-6-4-5-7-10(9)14-11/h2-8H2,1H3,(H,12,13). The molecule has 14 heavy (non-hydrogen) atoms. The Hall–Kier alpha value is -0.570. The minimum atomic E-state index is 1.07. The van der Waals surface area contributed by atoms with Gasteiger partial charge in [-0.05, 0) is 32.1 Å². The van der Waals surface area contributed by atoms with Gasteiger partial charge in [0.25, 0.3) is 0 Å². The van der Waals surface area contributed by atoms with E-state index in [1.807, 2.05) is 11.3 Å². The number of nitrogens with one attached hydrogen (secondary N) is 1. The second-order valence-corrected chi connectivity index (χ2v) is 4.96.